The van der Waals surface area contributed by atoms with Gasteiger partial charge in [-0.05, 0) is 51.3 Å². The highest BCUT2D eigenvalue weighted by atomic mass is 32.2. The van der Waals surface area contributed by atoms with E-state index in [1.165, 1.54) is 12.8 Å². The van der Waals surface area contributed by atoms with Crippen molar-refractivity contribution in [3.05, 3.63) is 41.7 Å². The number of aryl methyl sites for hydroxylation is 1. The van der Waals surface area contributed by atoms with Crippen molar-refractivity contribution in [2.75, 3.05) is 36.4 Å². The van der Waals surface area contributed by atoms with Crippen molar-refractivity contribution in [1.29, 1.82) is 0 Å². The number of hydrogen-bond acceptors (Lipinski definition) is 7. The van der Waals surface area contributed by atoms with E-state index in [4.69, 9.17) is 0 Å². The molecule has 1 aliphatic rings. The molecule has 0 bridgehead atoms. The van der Waals surface area contributed by atoms with Gasteiger partial charge in [0, 0.05) is 32.2 Å². The summed E-state index contributed by atoms with van der Waals surface area (Å²) in [5.74, 6) is 2.31. The zero-order chi connectivity index (χ0) is 22.4. The van der Waals surface area contributed by atoms with Crippen LogP contribution in [0.5, 0.6) is 0 Å². The summed E-state index contributed by atoms with van der Waals surface area (Å²) in [6.45, 7) is 8.24. The van der Waals surface area contributed by atoms with Crippen molar-refractivity contribution in [2.45, 2.75) is 50.2 Å². The van der Waals surface area contributed by atoms with Gasteiger partial charge in [0.25, 0.3) is 0 Å². The van der Waals surface area contributed by atoms with Crippen LogP contribution in [0.25, 0.3) is 0 Å². The molecule has 168 valence electrons. The fraction of sp³-hybridized carbons (Fsp3) is 0.500. The molecule has 2 heterocycles. The molecule has 0 radical (unpaired) electrons. The van der Waals surface area contributed by atoms with Crippen molar-refractivity contribution < 1.29 is 13.2 Å². The zero-order valence-electron chi connectivity index (χ0n) is 18.4. The summed E-state index contributed by atoms with van der Waals surface area (Å²) in [6.07, 6.45) is 2.58. The topological polar surface area (TPSA) is 104 Å². The first-order valence-electron chi connectivity index (χ1n) is 10.7. The summed E-state index contributed by atoms with van der Waals surface area (Å²) >= 11 is 0. The summed E-state index contributed by atoms with van der Waals surface area (Å²) < 4.78 is 24.4. The molecule has 0 unspecified atom stereocenters. The van der Waals surface area contributed by atoms with E-state index in [1.807, 2.05) is 13.0 Å². The minimum atomic E-state index is -3.30. The van der Waals surface area contributed by atoms with Gasteiger partial charge in [0.15, 0.2) is 9.84 Å². The summed E-state index contributed by atoms with van der Waals surface area (Å²) in [4.78, 5) is 23.7. The van der Waals surface area contributed by atoms with Gasteiger partial charge < -0.3 is 15.5 Å². The summed E-state index contributed by atoms with van der Waals surface area (Å²) in [5, 5.41) is 5.65. The largest absolute Gasteiger partial charge is 0.368 e. The molecule has 1 aromatic carbocycles. The molecule has 2 N–H and O–H groups in total. The Hall–Kier alpha value is -2.68. The molecule has 8 nitrogen and oxygen atoms in total. The minimum Gasteiger partial charge on any atom is -0.368 e. The second-order valence-corrected chi connectivity index (χ2v) is 10.5. The second kappa shape index (κ2) is 10.1. The van der Waals surface area contributed by atoms with Crippen molar-refractivity contribution in [3.63, 3.8) is 0 Å². The number of carbonyl (C=O) groups is 1. The molecule has 0 spiro atoms. The normalized spacial score (nSPS) is 14.1. The van der Waals surface area contributed by atoms with Gasteiger partial charge in [-0.2, -0.15) is 0 Å². The number of rotatable bonds is 9. The highest BCUT2D eigenvalue weighted by Crippen LogP contribution is 2.20. The molecule has 2 aromatic rings. The minimum absolute atomic E-state index is 0.113. The third-order valence-electron chi connectivity index (χ3n) is 5.24. The highest BCUT2D eigenvalue weighted by molar-refractivity contribution is 7.92. The zero-order valence-corrected chi connectivity index (χ0v) is 19.2. The van der Waals surface area contributed by atoms with Gasteiger partial charge in [0.05, 0.1) is 16.6 Å². The van der Waals surface area contributed by atoms with E-state index in [-0.39, 0.29) is 17.2 Å². The predicted molar refractivity (Wildman–Crippen MR) is 122 cm³/mol. The Bertz CT molecular complexity index is 1000. The number of aromatic nitrogens is 2. The van der Waals surface area contributed by atoms with Gasteiger partial charge in [-0.1, -0.05) is 12.1 Å². The Morgan fingerprint density at radius 2 is 1.77 bits per heavy atom. The molecule has 0 saturated carbocycles. The van der Waals surface area contributed by atoms with Gasteiger partial charge in [-0.3, -0.25) is 4.79 Å². The lowest BCUT2D eigenvalue weighted by atomic mass is 10.1. The lowest BCUT2D eigenvalue weighted by Gasteiger charge is -2.17. The Labute approximate surface area is 184 Å². The fourth-order valence-corrected chi connectivity index (χ4v) is 4.52. The van der Waals surface area contributed by atoms with E-state index >= 15 is 0 Å². The molecule has 31 heavy (non-hydrogen) atoms. The van der Waals surface area contributed by atoms with Crippen LogP contribution in [-0.2, 0) is 21.1 Å². The lowest BCUT2D eigenvalue weighted by molar-refractivity contribution is -0.120. The molecule has 1 aliphatic heterocycles. The van der Waals surface area contributed by atoms with Gasteiger partial charge >= 0.3 is 0 Å². The number of carbonyl (C=O) groups excluding carboxylic acids is 1. The number of benzene rings is 1. The molecule has 0 aliphatic carbocycles. The van der Waals surface area contributed by atoms with Gasteiger partial charge in [-0.25, -0.2) is 18.4 Å². The van der Waals surface area contributed by atoms with Crippen molar-refractivity contribution in [2.24, 2.45) is 0 Å². The second-order valence-electron chi connectivity index (χ2n) is 8.04. The molecule has 0 atom stereocenters. The first-order chi connectivity index (χ1) is 14.8. The van der Waals surface area contributed by atoms with Crippen LogP contribution >= 0.6 is 0 Å². The third-order valence-corrected chi connectivity index (χ3v) is 7.42. The van der Waals surface area contributed by atoms with Gasteiger partial charge in [0.2, 0.25) is 5.91 Å². The number of sulfone groups is 1. The Balaban J connectivity index is 1.45. The Kier molecular flexibility index (Phi) is 7.48. The van der Waals surface area contributed by atoms with Crippen LogP contribution in [0.2, 0.25) is 0 Å². The molecule has 9 heteroatoms. The average Bonchev–Trinajstić information content (AvgIpc) is 3.26. The van der Waals surface area contributed by atoms with Gasteiger partial charge in [0.1, 0.15) is 17.5 Å². The van der Waals surface area contributed by atoms with E-state index in [9.17, 15) is 13.2 Å². The average molecular weight is 446 g/mol. The molecule has 1 fully saturated rings. The number of nitrogens with one attached hydrogen (secondary N) is 2. The first-order valence-corrected chi connectivity index (χ1v) is 12.2. The van der Waals surface area contributed by atoms with E-state index < -0.39 is 15.1 Å². The predicted octanol–water partition coefficient (Wildman–Crippen LogP) is 2.34. The number of nitrogens with zero attached hydrogens (tertiary/aromatic N) is 3. The van der Waals surface area contributed by atoms with Crippen LogP contribution in [0.4, 0.5) is 11.6 Å². The molecule has 1 saturated heterocycles. The van der Waals surface area contributed by atoms with Crippen LogP contribution in [0.3, 0.4) is 0 Å². The first kappa shape index (κ1) is 23.0. The summed E-state index contributed by atoms with van der Waals surface area (Å²) in [6, 6.07) is 8.46. The highest BCUT2D eigenvalue weighted by Gasteiger charge is 2.19. The maximum absolute atomic E-state index is 12.2. The standard InChI is InChI=1S/C22H31N5O3S/c1-16(2)31(29,30)19-8-6-18(7-9-19)14-22(28)24-11-10-23-20-15-21(26-17(3)25-20)27-12-4-5-13-27/h6-9,15-16H,4-5,10-14H2,1-3H3,(H,24,28)(H,23,25,26). The molecule has 3 rings (SSSR count). The van der Waals surface area contributed by atoms with Crippen LogP contribution in [-0.4, -0.2) is 55.7 Å². The van der Waals surface area contributed by atoms with Crippen LogP contribution in [0.15, 0.2) is 35.2 Å². The van der Waals surface area contributed by atoms with E-state index in [2.05, 4.69) is 25.5 Å². The maximum atomic E-state index is 12.2. The van der Waals surface area contributed by atoms with Crippen LogP contribution in [0.1, 0.15) is 38.1 Å². The van der Waals surface area contributed by atoms with Crippen LogP contribution in [0, 0.1) is 6.92 Å². The van der Waals surface area contributed by atoms with E-state index in [0.29, 0.717) is 13.1 Å². The van der Waals surface area contributed by atoms with E-state index in [1.54, 1.807) is 38.1 Å². The molecule has 1 amide bonds. The van der Waals surface area contributed by atoms with Crippen molar-refractivity contribution >= 4 is 27.4 Å². The molecule has 1 aromatic heterocycles. The van der Waals surface area contributed by atoms with Gasteiger partial charge in [-0.15, -0.1) is 0 Å². The Morgan fingerprint density at radius 3 is 2.42 bits per heavy atom. The quantitative estimate of drug-likeness (QED) is 0.571. The van der Waals surface area contributed by atoms with Crippen molar-refractivity contribution in [3.8, 4) is 0 Å². The number of amides is 1. The maximum Gasteiger partial charge on any atom is 0.224 e. The number of hydrogen-bond donors (Lipinski definition) is 2. The smallest absolute Gasteiger partial charge is 0.224 e. The fourth-order valence-electron chi connectivity index (χ4n) is 3.46. The lowest BCUT2D eigenvalue weighted by Crippen LogP contribution is -2.30. The summed E-state index contributed by atoms with van der Waals surface area (Å²) in [7, 11) is -3.30. The van der Waals surface area contributed by atoms with Crippen molar-refractivity contribution in [1.82, 2.24) is 15.3 Å². The summed E-state index contributed by atoms with van der Waals surface area (Å²) in [5.41, 5.74) is 0.773. The third kappa shape index (κ3) is 6.16. The number of anilines is 2. The van der Waals surface area contributed by atoms with Crippen LogP contribution < -0.4 is 15.5 Å². The molecular weight excluding hydrogens is 414 g/mol. The Morgan fingerprint density at radius 1 is 1.10 bits per heavy atom. The SMILES string of the molecule is Cc1nc(NCCNC(=O)Cc2ccc(S(=O)(=O)C(C)C)cc2)cc(N2CCCC2)n1. The van der Waals surface area contributed by atoms with E-state index in [0.717, 1.165) is 36.1 Å². The molecular formula is C22H31N5O3S. The monoisotopic (exact) mass is 445 g/mol.